The highest BCUT2D eigenvalue weighted by Crippen LogP contribution is 2.34. The second-order valence-electron chi connectivity index (χ2n) is 2.71. The van der Waals surface area contributed by atoms with Gasteiger partial charge < -0.3 is 4.74 Å². The highest BCUT2D eigenvalue weighted by Gasteiger charge is 2.34. The molecule has 0 radical (unpaired) electrons. The normalized spacial score (nSPS) is 16.2. The Hall–Kier alpha value is 0.160. The summed E-state index contributed by atoms with van der Waals surface area (Å²) in [6, 6.07) is 9.71. The van der Waals surface area contributed by atoms with Crippen LogP contribution in [0.15, 0.2) is 33.5 Å². The Morgan fingerprint density at radius 1 is 1.13 bits per heavy atom. The first-order valence-electron chi connectivity index (χ1n) is 3.97. The van der Waals surface area contributed by atoms with Crippen LogP contribution in [0.1, 0.15) is 5.56 Å². The molecule has 0 spiro atoms. The Balaban J connectivity index is 2.15. The van der Waals surface area contributed by atoms with Crippen molar-refractivity contribution in [1.82, 2.24) is 0 Å². The van der Waals surface area contributed by atoms with E-state index in [4.69, 9.17) is 39.5 Å². The van der Waals surface area contributed by atoms with Gasteiger partial charge in [0.2, 0.25) is 0 Å². The lowest BCUT2D eigenvalue weighted by Gasteiger charge is -2.11. The molecule has 0 atom stereocenters. The van der Waals surface area contributed by atoms with Crippen LogP contribution >= 0.6 is 55.8 Å². The number of hydrogen-bond acceptors (Lipinski definition) is 2. The molecule has 1 aromatic carbocycles. The molecule has 0 aliphatic carbocycles. The Bertz CT molecular complexity index is 425. The lowest BCUT2D eigenvalue weighted by molar-refractivity contribution is 0.557. The van der Waals surface area contributed by atoms with Crippen molar-refractivity contribution in [3.05, 3.63) is 35.9 Å². The fraction of sp³-hybridized carbons (Fsp3) is 0.111. The molecule has 0 saturated carbocycles. The predicted octanol–water partition coefficient (Wildman–Crippen LogP) is 3.85. The summed E-state index contributed by atoms with van der Waals surface area (Å²) in [5.74, 6) is 0.180. The molecule has 1 aromatic rings. The number of rotatable bonds is 1. The average molecular weight is 376 g/mol. The van der Waals surface area contributed by atoms with E-state index in [1.165, 1.54) is 0 Å². The van der Waals surface area contributed by atoms with Gasteiger partial charge in [-0.3, -0.25) is 0 Å². The number of nitrogens with zero attached hydrogens (tertiary/aromatic N) is 1. The molecule has 0 N–H and O–H groups in total. The molecule has 6 heteroatoms. The van der Waals surface area contributed by atoms with Gasteiger partial charge in [0.05, 0.1) is 21.0 Å². The minimum atomic E-state index is -1.56. The first kappa shape index (κ1) is 11.6. The Morgan fingerprint density at radius 2 is 1.80 bits per heavy atom. The van der Waals surface area contributed by atoms with Crippen molar-refractivity contribution < 1.29 is 4.74 Å². The van der Waals surface area contributed by atoms with Crippen LogP contribution in [0.4, 0.5) is 0 Å². The van der Waals surface area contributed by atoms with Gasteiger partial charge in [0.25, 0.3) is 9.69 Å². The average Bonchev–Trinajstić information content (AvgIpc) is 2.67. The minimum absolute atomic E-state index is 0.180. The molecule has 15 heavy (non-hydrogen) atoms. The number of alkyl halides is 3. The molecule has 0 unspecified atom stereocenters. The molecule has 2 rings (SSSR count). The van der Waals surface area contributed by atoms with Crippen molar-refractivity contribution >= 4 is 65.4 Å². The van der Waals surface area contributed by atoms with Crippen molar-refractivity contribution in [2.45, 2.75) is 3.79 Å². The SMILES string of the molecule is ClC(Cl)(Cl)C1=NI=C(c2ccccc2)O1. The van der Waals surface area contributed by atoms with Gasteiger partial charge in [-0.2, -0.15) is 3.21 Å². The van der Waals surface area contributed by atoms with Crippen molar-refractivity contribution in [1.29, 1.82) is 0 Å². The monoisotopic (exact) mass is 375 g/mol. The summed E-state index contributed by atoms with van der Waals surface area (Å²) >= 11 is 16.4. The van der Waals surface area contributed by atoms with Gasteiger partial charge >= 0.3 is 0 Å². The number of ether oxygens (including phenoxy) is 1. The van der Waals surface area contributed by atoms with Gasteiger partial charge in [-0.25, -0.2) is 0 Å². The van der Waals surface area contributed by atoms with Crippen LogP contribution < -0.4 is 0 Å². The van der Waals surface area contributed by atoms with Crippen LogP contribution in [-0.4, -0.2) is 13.4 Å². The van der Waals surface area contributed by atoms with Crippen molar-refractivity contribution in [2.24, 2.45) is 3.21 Å². The van der Waals surface area contributed by atoms with Gasteiger partial charge in [-0.05, 0) is 0 Å². The Kier molecular flexibility index (Phi) is 3.55. The number of hydrogen-bond donors (Lipinski definition) is 0. The van der Waals surface area contributed by atoms with E-state index in [1.807, 2.05) is 30.3 Å². The van der Waals surface area contributed by atoms with E-state index in [2.05, 4.69) is 3.21 Å². The van der Waals surface area contributed by atoms with E-state index in [-0.39, 0.29) is 5.90 Å². The molecular weight excluding hydrogens is 371 g/mol. The van der Waals surface area contributed by atoms with Crippen molar-refractivity contribution in [2.75, 3.05) is 0 Å². The molecule has 1 heterocycles. The standard InChI is InChI=1S/C9H5Cl3INO/c10-9(11,12)8-14-13-7(15-8)6-4-2-1-3-5-6/h1-5H. The molecule has 1 aliphatic heterocycles. The van der Waals surface area contributed by atoms with Crippen LogP contribution in [0.5, 0.6) is 0 Å². The van der Waals surface area contributed by atoms with Crippen LogP contribution in [-0.2, 0) is 4.74 Å². The second kappa shape index (κ2) is 4.57. The van der Waals surface area contributed by atoms with Gasteiger partial charge in [0.1, 0.15) is 0 Å². The van der Waals surface area contributed by atoms with Gasteiger partial charge in [0.15, 0.2) is 3.69 Å². The molecule has 0 fully saturated rings. The summed E-state index contributed by atoms with van der Waals surface area (Å²) < 4.78 is 8.82. The summed E-state index contributed by atoms with van der Waals surface area (Å²) in [6.45, 7) is 0. The van der Waals surface area contributed by atoms with Crippen LogP contribution in [0.3, 0.4) is 0 Å². The van der Waals surface area contributed by atoms with E-state index in [0.29, 0.717) is 0 Å². The van der Waals surface area contributed by atoms with Crippen molar-refractivity contribution in [3.8, 4) is 0 Å². The lowest BCUT2D eigenvalue weighted by Crippen LogP contribution is -2.22. The molecule has 0 bridgehead atoms. The molecule has 0 aromatic heterocycles. The maximum absolute atomic E-state index is 5.67. The van der Waals surface area contributed by atoms with E-state index in [9.17, 15) is 0 Å². The molecule has 2 nitrogen and oxygen atoms in total. The van der Waals surface area contributed by atoms with Crippen molar-refractivity contribution in [3.63, 3.8) is 0 Å². The summed E-state index contributed by atoms with van der Waals surface area (Å²) in [5, 5.41) is 0. The number of benzene rings is 1. The van der Waals surface area contributed by atoms with Gasteiger partial charge in [-0.15, -0.1) is 0 Å². The van der Waals surface area contributed by atoms with Crippen LogP contribution in [0.2, 0.25) is 0 Å². The summed E-state index contributed by atoms with van der Waals surface area (Å²) in [7, 11) is 0. The largest absolute Gasteiger partial charge is 0.430 e. The summed E-state index contributed by atoms with van der Waals surface area (Å²) in [5.41, 5.74) is 0.998. The Labute approximate surface area is 112 Å². The van der Waals surface area contributed by atoms with E-state index in [1.54, 1.807) is 0 Å². The fourth-order valence-corrected chi connectivity index (χ4v) is 3.49. The van der Waals surface area contributed by atoms with Gasteiger partial charge in [0, 0.05) is 5.56 Å². The Morgan fingerprint density at radius 3 is 2.33 bits per heavy atom. The molecule has 0 saturated heterocycles. The maximum atomic E-state index is 5.67. The zero-order chi connectivity index (χ0) is 10.9. The van der Waals surface area contributed by atoms with E-state index >= 15 is 0 Å². The maximum Gasteiger partial charge on any atom is 0.267 e. The number of halogens is 4. The highest BCUT2D eigenvalue weighted by molar-refractivity contribution is 14.2. The predicted molar refractivity (Wildman–Crippen MR) is 73.4 cm³/mol. The summed E-state index contributed by atoms with van der Waals surface area (Å²) in [6.07, 6.45) is 0. The second-order valence-corrected chi connectivity index (χ2v) is 6.94. The third-order valence-corrected chi connectivity index (χ3v) is 4.07. The lowest BCUT2D eigenvalue weighted by atomic mass is 10.2. The topological polar surface area (TPSA) is 21.6 Å². The quantitative estimate of drug-likeness (QED) is 0.539. The molecule has 1 aliphatic rings. The smallest absolute Gasteiger partial charge is 0.267 e. The third-order valence-electron chi connectivity index (χ3n) is 1.63. The highest BCUT2D eigenvalue weighted by atomic mass is 127. The summed E-state index contributed by atoms with van der Waals surface area (Å²) in [4.78, 5) is 0. The first-order chi connectivity index (χ1) is 7.07. The first-order valence-corrected chi connectivity index (χ1v) is 7.15. The van der Waals surface area contributed by atoms with Crippen LogP contribution in [0.25, 0.3) is 0 Å². The van der Waals surface area contributed by atoms with Gasteiger partial charge in [-0.1, -0.05) is 65.1 Å². The van der Waals surface area contributed by atoms with E-state index < -0.39 is 24.8 Å². The fourth-order valence-electron chi connectivity index (χ4n) is 0.979. The molecule has 0 amide bonds. The zero-order valence-electron chi connectivity index (χ0n) is 7.25. The molecular formula is C9H5Cl3INO. The molecule has 80 valence electrons. The zero-order valence-corrected chi connectivity index (χ0v) is 11.7. The third kappa shape index (κ3) is 2.84. The minimum Gasteiger partial charge on any atom is -0.430 e. The van der Waals surface area contributed by atoms with E-state index in [0.717, 1.165) is 9.26 Å². The van der Waals surface area contributed by atoms with Crippen LogP contribution in [0, 0.1) is 0 Å².